The summed E-state index contributed by atoms with van der Waals surface area (Å²) in [6.07, 6.45) is 2.35. The first kappa shape index (κ1) is 18.1. The van der Waals surface area contributed by atoms with Crippen molar-refractivity contribution in [2.45, 2.75) is 39.2 Å². The van der Waals surface area contributed by atoms with Crippen LogP contribution in [0.4, 0.5) is 0 Å². The summed E-state index contributed by atoms with van der Waals surface area (Å²) in [6.45, 7) is 5.60. The van der Waals surface area contributed by atoms with Crippen molar-refractivity contribution in [1.82, 2.24) is 9.62 Å². The van der Waals surface area contributed by atoms with E-state index in [0.29, 0.717) is 19.0 Å². The summed E-state index contributed by atoms with van der Waals surface area (Å²) in [5.41, 5.74) is 1.17. The molecule has 1 N–H and O–H groups in total. The molecule has 0 saturated carbocycles. The minimum absolute atomic E-state index is 0.234. The molecule has 0 spiro atoms. The molecule has 21 heavy (non-hydrogen) atoms. The fourth-order valence-corrected chi connectivity index (χ4v) is 3.28. The van der Waals surface area contributed by atoms with Gasteiger partial charge in [-0.3, -0.25) is 0 Å². The fraction of sp³-hybridized carbons (Fsp3) is 0.625. The minimum Gasteiger partial charge on any atom is -0.315 e. The van der Waals surface area contributed by atoms with Gasteiger partial charge in [0.25, 0.3) is 0 Å². The monoisotopic (exact) mass is 312 g/mol. The molecule has 0 atom stereocenters. The highest BCUT2D eigenvalue weighted by atomic mass is 32.2. The molecule has 120 valence electrons. The van der Waals surface area contributed by atoms with Crippen LogP contribution in [0, 0.1) is 0 Å². The van der Waals surface area contributed by atoms with Gasteiger partial charge in [-0.05, 0) is 31.4 Å². The van der Waals surface area contributed by atoms with E-state index < -0.39 is 10.0 Å². The average molecular weight is 312 g/mol. The van der Waals surface area contributed by atoms with Crippen molar-refractivity contribution >= 4 is 10.0 Å². The number of likely N-dealkylation sites (N-methyl/N-ethyl adjacent to an activating group) is 1. The second-order valence-corrected chi connectivity index (χ2v) is 7.88. The number of unbranched alkanes of at least 4 members (excludes halogenated alkanes) is 1. The Morgan fingerprint density at radius 1 is 1.14 bits per heavy atom. The Kier molecular flexibility index (Phi) is 7.93. The third kappa shape index (κ3) is 7.60. The maximum absolute atomic E-state index is 12.2. The number of rotatable bonds is 10. The maximum Gasteiger partial charge on any atom is 0.213 e. The van der Waals surface area contributed by atoms with Gasteiger partial charge >= 0.3 is 0 Å². The van der Waals surface area contributed by atoms with E-state index in [0.717, 1.165) is 19.4 Å². The van der Waals surface area contributed by atoms with Crippen molar-refractivity contribution in [2.24, 2.45) is 0 Å². The minimum atomic E-state index is -3.13. The van der Waals surface area contributed by atoms with Crippen LogP contribution in [0.1, 0.15) is 32.3 Å². The van der Waals surface area contributed by atoms with E-state index in [9.17, 15) is 8.42 Å². The van der Waals surface area contributed by atoms with Crippen LogP contribution < -0.4 is 5.32 Å². The number of benzene rings is 1. The van der Waals surface area contributed by atoms with Gasteiger partial charge in [0.05, 0.1) is 5.75 Å². The Morgan fingerprint density at radius 2 is 1.81 bits per heavy atom. The molecule has 0 amide bonds. The average Bonchev–Trinajstić information content (AvgIpc) is 2.45. The van der Waals surface area contributed by atoms with Crippen molar-refractivity contribution in [3.63, 3.8) is 0 Å². The van der Waals surface area contributed by atoms with Gasteiger partial charge in [-0.1, -0.05) is 44.2 Å². The highest BCUT2D eigenvalue weighted by molar-refractivity contribution is 7.89. The summed E-state index contributed by atoms with van der Waals surface area (Å²) in [5.74, 6) is 0.234. The van der Waals surface area contributed by atoms with Crippen molar-refractivity contribution in [1.29, 1.82) is 0 Å². The lowest BCUT2D eigenvalue weighted by Gasteiger charge is -2.17. The molecule has 5 heteroatoms. The Bertz CT molecular complexity index is 486. The van der Waals surface area contributed by atoms with Gasteiger partial charge < -0.3 is 5.32 Å². The van der Waals surface area contributed by atoms with E-state index in [4.69, 9.17) is 0 Å². The number of nitrogens with one attached hydrogen (secondary N) is 1. The standard InChI is InChI=1S/C16H28N2O2S/c1-15(2)17-12-7-8-14-21(19,20)18(3)13-11-16-9-5-4-6-10-16/h4-6,9-10,15,17H,7-8,11-14H2,1-3H3. The van der Waals surface area contributed by atoms with E-state index in [-0.39, 0.29) is 5.75 Å². The van der Waals surface area contributed by atoms with E-state index >= 15 is 0 Å². The normalized spacial score (nSPS) is 12.2. The van der Waals surface area contributed by atoms with Gasteiger partial charge in [0, 0.05) is 19.6 Å². The van der Waals surface area contributed by atoms with Crippen molar-refractivity contribution in [3.05, 3.63) is 35.9 Å². The van der Waals surface area contributed by atoms with Gasteiger partial charge in [-0.15, -0.1) is 0 Å². The first-order chi connectivity index (χ1) is 9.92. The molecule has 0 aliphatic carbocycles. The molecule has 0 saturated heterocycles. The lowest BCUT2D eigenvalue weighted by Crippen LogP contribution is -2.31. The van der Waals surface area contributed by atoms with Crippen LogP contribution in [-0.4, -0.2) is 44.7 Å². The van der Waals surface area contributed by atoms with Crippen LogP contribution in [0.15, 0.2) is 30.3 Å². The number of nitrogens with zero attached hydrogens (tertiary/aromatic N) is 1. The second kappa shape index (κ2) is 9.18. The number of hydrogen-bond acceptors (Lipinski definition) is 3. The summed E-state index contributed by atoms with van der Waals surface area (Å²) in [5, 5.41) is 3.30. The van der Waals surface area contributed by atoms with E-state index in [1.807, 2.05) is 30.3 Å². The zero-order valence-corrected chi connectivity index (χ0v) is 14.2. The van der Waals surface area contributed by atoms with Gasteiger partial charge in [0.2, 0.25) is 10.0 Å². The fourth-order valence-electron chi connectivity index (χ4n) is 2.03. The molecule has 0 radical (unpaired) electrons. The predicted molar refractivity (Wildman–Crippen MR) is 88.9 cm³/mol. The first-order valence-electron chi connectivity index (χ1n) is 7.63. The molecule has 4 nitrogen and oxygen atoms in total. The highest BCUT2D eigenvalue weighted by Crippen LogP contribution is 2.06. The first-order valence-corrected chi connectivity index (χ1v) is 9.24. The Hall–Kier alpha value is -0.910. The predicted octanol–water partition coefficient (Wildman–Crippen LogP) is 2.27. The van der Waals surface area contributed by atoms with Crippen molar-refractivity contribution < 1.29 is 8.42 Å². The molecule has 0 aliphatic heterocycles. The molecule has 1 aromatic rings. The third-order valence-corrected chi connectivity index (χ3v) is 5.35. The lowest BCUT2D eigenvalue weighted by atomic mass is 10.2. The van der Waals surface area contributed by atoms with E-state index in [1.165, 1.54) is 9.87 Å². The molecule has 0 bridgehead atoms. The Morgan fingerprint density at radius 3 is 2.43 bits per heavy atom. The zero-order chi connectivity index (χ0) is 15.7. The largest absolute Gasteiger partial charge is 0.315 e. The Labute approximate surface area is 129 Å². The van der Waals surface area contributed by atoms with E-state index in [1.54, 1.807) is 7.05 Å². The third-order valence-electron chi connectivity index (χ3n) is 3.41. The van der Waals surface area contributed by atoms with Gasteiger partial charge in [0.15, 0.2) is 0 Å². The van der Waals surface area contributed by atoms with Gasteiger partial charge in [-0.25, -0.2) is 12.7 Å². The summed E-state index contributed by atoms with van der Waals surface area (Å²) in [6, 6.07) is 10.4. The van der Waals surface area contributed by atoms with Crippen LogP contribution in [0.3, 0.4) is 0 Å². The van der Waals surface area contributed by atoms with Crippen LogP contribution in [0.25, 0.3) is 0 Å². The molecule has 0 aromatic heterocycles. The van der Waals surface area contributed by atoms with Crippen molar-refractivity contribution in [3.8, 4) is 0 Å². The van der Waals surface area contributed by atoms with Crippen LogP contribution in [-0.2, 0) is 16.4 Å². The zero-order valence-electron chi connectivity index (χ0n) is 13.4. The summed E-state index contributed by atoms with van der Waals surface area (Å²) in [4.78, 5) is 0. The SMILES string of the molecule is CC(C)NCCCCS(=O)(=O)N(C)CCc1ccccc1. The van der Waals surface area contributed by atoms with Crippen molar-refractivity contribution in [2.75, 3.05) is 25.9 Å². The van der Waals surface area contributed by atoms with Gasteiger partial charge in [-0.2, -0.15) is 0 Å². The lowest BCUT2D eigenvalue weighted by molar-refractivity contribution is 0.469. The molecule has 0 aliphatic rings. The smallest absolute Gasteiger partial charge is 0.213 e. The summed E-state index contributed by atoms with van der Waals surface area (Å²) >= 11 is 0. The molecule has 0 heterocycles. The molecule has 1 aromatic carbocycles. The molecular weight excluding hydrogens is 284 g/mol. The highest BCUT2D eigenvalue weighted by Gasteiger charge is 2.16. The van der Waals surface area contributed by atoms with E-state index in [2.05, 4.69) is 19.2 Å². The Balaban J connectivity index is 2.29. The summed E-state index contributed by atoms with van der Waals surface area (Å²) < 4.78 is 25.8. The quantitative estimate of drug-likeness (QED) is 0.674. The van der Waals surface area contributed by atoms with Crippen LogP contribution in [0.2, 0.25) is 0 Å². The number of hydrogen-bond donors (Lipinski definition) is 1. The molecule has 1 rings (SSSR count). The maximum atomic E-state index is 12.2. The van der Waals surface area contributed by atoms with Gasteiger partial charge in [0.1, 0.15) is 0 Å². The van der Waals surface area contributed by atoms with Crippen LogP contribution >= 0.6 is 0 Å². The topological polar surface area (TPSA) is 49.4 Å². The second-order valence-electron chi connectivity index (χ2n) is 5.69. The number of sulfonamides is 1. The molecule has 0 fully saturated rings. The molecule has 0 unspecified atom stereocenters. The summed E-state index contributed by atoms with van der Waals surface area (Å²) in [7, 11) is -1.45. The molecular formula is C16H28N2O2S. The van der Waals surface area contributed by atoms with Crippen LogP contribution in [0.5, 0.6) is 0 Å².